The van der Waals surface area contributed by atoms with Crippen LogP contribution in [0.1, 0.15) is 41.3 Å². The van der Waals surface area contributed by atoms with E-state index in [4.69, 9.17) is 9.52 Å². The molecule has 2 rings (SSSR count). The zero-order valence-electron chi connectivity index (χ0n) is 12.6. The molecule has 1 heterocycles. The molecule has 0 amide bonds. The molecule has 4 heteroatoms. The lowest BCUT2D eigenvalue weighted by atomic mass is 9.84. The Bertz CT molecular complexity index is 614. The number of carbonyl (C=O) groups is 1. The van der Waals surface area contributed by atoms with Crippen LogP contribution in [0.2, 0.25) is 0 Å². The van der Waals surface area contributed by atoms with Crippen LogP contribution in [0.5, 0.6) is 0 Å². The molecule has 4 nitrogen and oxygen atoms in total. The van der Waals surface area contributed by atoms with Crippen LogP contribution in [0.15, 0.2) is 40.8 Å². The van der Waals surface area contributed by atoms with Crippen LogP contribution >= 0.6 is 0 Å². The molecule has 0 fully saturated rings. The molecule has 0 aliphatic carbocycles. The van der Waals surface area contributed by atoms with Gasteiger partial charge in [-0.15, -0.1) is 0 Å². The molecule has 0 spiro atoms. The summed E-state index contributed by atoms with van der Waals surface area (Å²) in [5.74, 6) is 0.141. The fourth-order valence-corrected chi connectivity index (χ4v) is 2.33. The summed E-state index contributed by atoms with van der Waals surface area (Å²) in [5.41, 5.74) is 1.49. The van der Waals surface area contributed by atoms with Crippen molar-refractivity contribution in [1.82, 2.24) is 5.32 Å². The quantitative estimate of drug-likeness (QED) is 0.855. The lowest BCUT2D eigenvalue weighted by Crippen LogP contribution is -2.32. The maximum absolute atomic E-state index is 11.0. The Kier molecular flexibility index (Phi) is 4.48. The standard InChI is InChI=1S/C17H21NO3/c1-12-15(16(19)20)9-14(21-12)10-18-11-17(2,3)13-7-5-4-6-8-13/h4-9,18H,10-11H2,1-3H3,(H,19,20). The highest BCUT2D eigenvalue weighted by Crippen LogP contribution is 2.22. The van der Waals surface area contributed by atoms with Gasteiger partial charge in [0.05, 0.1) is 6.54 Å². The summed E-state index contributed by atoms with van der Waals surface area (Å²) in [6, 6.07) is 11.9. The van der Waals surface area contributed by atoms with E-state index in [1.165, 1.54) is 5.56 Å². The lowest BCUT2D eigenvalue weighted by Gasteiger charge is -2.25. The van der Waals surface area contributed by atoms with Crippen molar-refractivity contribution in [3.63, 3.8) is 0 Å². The van der Waals surface area contributed by atoms with Crippen molar-refractivity contribution in [3.05, 3.63) is 59.0 Å². The van der Waals surface area contributed by atoms with Gasteiger partial charge in [-0.25, -0.2) is 4.79 Å². The lowest BCUT2D eigenvalue weighted by molar-refractivity contribution is 0.0695. The Morgan fingerprint density at radius 1 is 1.29 bits per heavy atom. The molecule has 2 N–H and O–H groups in total. The number of aromatic carboxylic acids is 1. The first-order valence-electron chi connectivity index (χ1n) is 6.99. The molecule has 0 bridgehead atoms. The van der Waals surface area contributed by atoms with E-state index in [-0.39, 0.29) is 11.0 Å². The van der Waals surface area contributed by atoms with Gasteiger partial charge in [0.25, 0.3) is 0 Å². The van der Waals surface area contributed by atoms with Gasteiger partial charge in [0.2, 0.25) is 0 Å². The van der Waals surface area contributed by atoms with E-state index < -0.39 is 5.97 Å². The van der Waals surface area contributed by atoms with Crippen LogP contribution in [-0.2, 0) is 12.0 Å². The summed E-state index contributed by atoms with van der Waals surface area (Å²) in [6.07, 6.45) is 0. The van der Waals surface area contributed by atoms with Crippen molar-refractivity contribution in [1.29, 1.82) is 0 Å². The molecule has 112 valence electrons. The van der Waals surface area contributed by atoms with Crippen LogP contribution < -0.4 is 5.32 Å². The number of carboxylic acids is 1. The van der Waals surface area contributed by atoms with Gasteiger partial charge in [-0.05, 0) is 18.6 Å². The van der Waals surface area contributed by atoms with Crippen molar-refractivity contribution in [2.45, 2.75) is 32.7 Å². The second-order valence-corrected chi connectivity index (χ2v) is 5.84. The normalized spacial score (nSPS) is 11.6. The molecule has 1 aromatic carbocycles. The molecule has 0 saturated heterocycles. The van der Waals surface area contributed by atoms with Gasteiger partial charge in [-0.3, -0.25) is 0 Å². The number of nitrogens with one attached hydrogen (secondary N) is 1. The van der Waals surface area contributed by atoms with Gasteiger partial charge in [-0.1, -0.05) is 44.2 Å². The van der Waals surface area contributed by atoms with Gasteiger partial charge >= 0.3 is 5.97 Å². The fraction of sp³-hybridized carbons (Fsp3) is 0.353. The Hall–Kier alpha value is -2.07. The first-order chi connectivity index (χ1) is 9.90. The number of aryl methyl sites for hydroxylation is 1. The monoisotopic (exact) mass is 287 g/mol. The number of benzene rings is 1. The van der Waals surface area contributed by atoms with Crippen molar-refractivity contribution in [2.75, 3.05) is 6.54 Å². The molecular formula is C17H21NO3. The fourth-order valence-electron chi connectivity index (χ4n) is 2.33. The second kappa shape index (κ2) is 6.14. The third-order valence-corrected chi connectivity index (χ3v) is 3.62. The largest absolute Gasteiger partial charge is 0.478 e. The summed E-state index contributed by atoms with van der Waals surface area (Å²) in [5, 5.41) is 12.3. The number of hydrogen-bond acceptors (Lipinski definition) is 3. The molecule has 0 atom stereocenters. The van der Waals surface area contributed by atoms with E-state index in [9.17, 15) is 4.79 Å². The van der Waals surface area contributed by atoms with Gasteiger partial charge in [0, 0.05) is 12.0 Å². The highest BCUT2D eigenvalue weighted by atomic mass is 16.4. The van der Waals surface area contributed by atoms with E-state index in [0.29, 0.717) is 18.1 Å². The van der Waals surface area contributed by atoms with E-state index in [1.54, 1.807) is 13.0 Å². The highest BCUT2D eigenvalue weighted by Gasteiger charge is 2.20. The van der Waals surface area contributed by atoms with Gasteiger partial charge < -0.3 is 14.8 Å². The minimum atomic E-state index is -0.952. The third kappa shape index (κ3) is 3.73. The molecular weight excluding hydrogens is 266 g/mol. The molecule has 0 aliphatic heterocycles. The SMILES string of the molecule is Cc1oc(CNCC(C)(C)c2ccccc2)cc1C(=O)O. The molecule has 0 radical (unpaired) electrons. The molecule has 21 heavy (non-hydrogen) atoms. The number of rotatable bonds is 6. The summed E-state index contributed by atoms with van der Waals surface area (Å²) in [6.45, 7) is 7.31. The second-order valence-electron chi connectivity index (χ2n) is 5.84. The Morgan fingerprint density at radius 2 is 1.95 bits per heavy atom. The van der Waals surface area contributed by atoms with Gasteiger partial charge in [-0.2, -0.15) is 0 Å². The number of furan rings is 1. The minimum Gasteiger partial charge on any atom is -0.478 e. The van der Waals surface area contributed by atoms with E-state index >= 15 is 0 Å². The predicted octanol–water partition coefficient (Wildman–Crippen LogP) is 3.35. The van der Waals surface area contributed by atoms with E-state index in [1.807, 2.05) is 18.2 Å². The van der Waals surface area contributed by atoms with Crippen molar-refractivity contribution in [3.8, 4) is 0 Å². The van der Waals surface area contributed by atoms with Gasteiger partial charge in [0.1, 0.15) is 17.1 Å². The zero-order valence-corrected chi connectivity index (χ0v) is 12.6. The Balaban J connectivity index is 1.95. The minimum absolute atomic E-state index is 0.00146. The van der Waals surface area contributed by atoms with E-state index in [0.717, 1.165) is 6.54 Å². The first-order valence-corrected chi connectivity index (χ1v) is 6.99. The average molecular weight is 287 g/mol. The number of carboxylic acid groups (broad SMARTS) is 1. The van der Waals surface area contributed by atoms with Crippen molar-refractivity contribution in [2.24, 2.45) is 0 Å². The molecule has 1 aromatic heterocycles. The van der Waals surface area contributed by atoms with Crippen LogP contribution in [-0.4, -0.2) is 17.6 Å². The molecule has 0 saturated carbocycles. The first kappa shape index (κ1) is 15.3. The topological polar surface area (TPSA) is 62.5 Å². The van der Waals surface area contributed by atoms with Crippen LogP contribution in [0.4, 0.5) is 0 Å². The highest BCUT2D eigenvalue weighted by molar-refractivity contribution is 5.88. The van der Waals surface area contributed by atoms with E-state index in [2.05, 4.69) is 31.3 Å². The number of hydrogen-bond donors (Lipinski definition) is 2. The maximum atomic E-state index is 11.0. The molecule has 2 aromatic rings. The molecule has 0 aliphatic rings. The zero-order chi connectivity index (χ0) is 15.5. The van der Waals surface area contributed by atoms with Crippen molar-refractivity contribution >= 4 is 5.97 Å². The summed E-state index contributed by atoms with van der Waals surface area (Å²) in [4.78, 5) is 11.0. The Morgan fingerprint density at radius 3 is 2.52 bits per heavy atom. The predicted molar refractivity (Wildman–Crippen MR) is 81.6 cm³/mol. The van der Waals surface area contributed by atoms with Crippen LogP contribution in [0, 0.1) is 6.92 Å². The smallest absolute Gasteiger partial charge is 0.339 e. The summed E-state index contributed by atoms with van der Waals surface area (Å²) in [7, 11) is 0. The maximum Gasteiger partial charge on any atom is 0.339 e. The van der Waals surface area contributed by atoms with Crippen LogP contribution in [0.3, 0.4) is 0 Å². The summed E-state index contributed by atoms with van der Waals surface area (Å²) >= 11 is 0. The third-order valence-electron chi connectivity index (χ3n) is 3.62. The molecule has 0 unspecified atom stereocenters. The van der Waals surface area contributed by atoms with Crippen LogP contribution in [0.25, 0.3) is 0 Å². The van der Waals surface area contributed by atoms with Gasteiger partial charge in [0.15, 0.2) is 0 Å². The Labute approximate surface area is 124 Å². The summed E-state index contributed by atoms with van der Waals surface area (Å²) < 4.78 is 5.45. The van der Waals surface area contributed by atoms with Crippen molar-refractivity contribution < 1.29 is 14.3 Å². The average Bonchev–Trinajstić information content (AvgIpc) is 2.81.